The van der Waals surface area contributed by atoms with Crippen molar-refractivity contribution >= 4 is 23.2 Å². The average molecular weight is 310 g/mol. The highest BCUT2D eigenvalue weighted by Gasteiger charge is 2.20. The Morgan fingerprint density at radius 1 is 1.43 bits per heavy atom. The molecule has 0 fully saturated rings. The Bertz CT molecular complexity index is 653. The van der Waals surface area contributed by atoms with Crippen LogP contribution in [-0.2, 0) is 0 Å². The molecule has 9 heteroatoms. The fraction of sp³-hybridized carbons (Fsp3) is 0.250. The van der Waals surface area contributed by atoms with Crippen molar-refractivity contribution in [2.75, 3.05) is 11.9 Å². The van der Waals surface area contributed by atoms with Crippen LogP contribution in [0.3, 0.4) is 0 Å². The minimum Gasteiger partial charge on any atom is -0.432 e. The lowest BCUT2D eigenvalue weighted by Crippen LogP contribution is -2.06. The zero-order chi connectivity index (χ0) is 15.2. The van der Waals surface area contributed by atoms with Crippen LogP contribution in [0, 0.1) is 10.1 Å². The fourth-order valence-corrected chi connectivity index (χ4v) is 1.61. The predicted molar refractivity (Wildman–Crippen MR) is 76.8 cm³/mol. The van der Waals surface area contributed by atoms with Crippen LogP contribution in [0.15, 0.2) is 24.7 Å². The topological polar surface area (TPSA) is 103 Å². The van der Waals surface area contributed by atoms with E-state index in [1.165, 1.54) is 18.5 Å². The van der Waals surface area contributed by atoms with Crippen molar-refractivity contribution < 1.29 is 9.66 Å². The first-order valence-corrected chi connectivity index (χ1v) is 6.51. The number of pyridine rings is 1. The van der Waals surface area contributed by atoms with Crippen molar-refractivity contribution in [1.29, 1.82) is 0 Å². The highest BCUT2D eigenvalue weighted by Crippen LogP contribution is 2.29. The number of aromatic nitrogens is 3. The quantitative estimate of drug-likeness (QED) is 0.646. The van der Waals surface area contributed by atoms with E-state index in [2.05, 4.69) is 20.3 Å². The fourth-order valence-electron chi connectivity index (χ4n) is 1.44. The third kappa shape index (κ3) is 3.99. The molecule has 0 amide bonds. The summed E-state index contributed by atoms with van der Waals surface area (Å²) < 4.78 is 5.39. The van der Waals surface area contributed by atoms with E-state index in [4.69, 9.17) is 16.3 Å². The van der Waals surface area contributed by atoms with Gasteiger partial charge in [-0.1, -0.05) is 18.5 Å². The van der Waals surface area contributed by atoms with Crippen LogP contribution in [0.5, 0.6) is 11.6 Å². The van der Waals surface area contributed by atoms with Crippen molar-refractivity contribution in [2.45, 2.75) is 13.3 Å². The smallest absolute Gasteiger partial charge is 0.349 e. The SMILES string of the molecule is CCCNc1ncc([N+](=O)[O-])c(Oc2cncc(Cl)c2)n1. The Morgan fingerprint density at radius 2 is 2.24 bits per heavy atom. The highest BCUT2D eigenvalue weighted by atomic mass is 35.5. The number of ether oxygens (including phenoxy) is 1. The van der Waals surface area contributed by atoms with Gasteiger partial charge in [0.1, 0.15) is 11.9 Å². The molecule has 2 aromatic rings. The number of nitro groups is 1. The van der Waals surface area contributed by atoms with E-state index in [9.17, 15) is 10.1 Å². The third-order valence-corrected chi connectivity index (χ3v) is 2.57. The van der Waals surface area contributed by atoms with Gasteiger partial charge in [-0.15, -0.1) is 0 Å². The summed E-state index contributed by atoms with van der Waals surface area (Å²) in [5, 5.41) is 14.3. The Morgan fingerprint density at radius 3 is 2.90 bits per heavy atom. The van der Waals surface area contributed by atoms with E-state index < -0.39 is 4.92 Å². The van der Waals surface area contributed by atoms with Gasteiger partial charge in [0.05, 0.1) is 16.1 Å². The van der Waals surface area contributed by atoms with Crippen molar-refractivity contribution in [3.05, 3.63) is 39.8 Å². The van der Waals surface area contributed by atoms with Gasteiger partial charge < -0.3 is 10.1 Å². The van der Waals surface area contributed by atoms with Crippen LogP contribution in [0.4, 0.5) is 11.6 Å². The molecule has 2 heterocycles. The molecule has 0 aromatic carbocycles. The molecule has 0 spiro atoms. The number of nitrogens with one attached hydrogen (secondary N) is 1. The molecule has 0 saturated carbocycles. The minimum absolute atomic E-state index is 0.169. The summed E-state index contributed by atoms with van der Waals surface area (Å²) in [6.45, 7) is 2.63. The first-order valence-electron chi connectivity index (χ1n) is 6.14. The molecule has 2 aromatic heterocycles. The zero-order valence-corrected chi connectivity index (χ0v) is 11.9. The third-order valence-electron chi connectivity index (χ3n) is 2.36. The second kappa shape index (κ2) is 6.80. The van der Waals surface area contributed by atoms with Crippen LogP contribution in [-0.4, -0.2) is 26.4 Å². The molecule has 0 aliphatic heterocycles. The van der Waals surface area contributed by atoms with Crippen molar-refractivity contribution in [3.63, 3.8) is 0 Å². The molecule has 2 rings (SSSR count). The van der Waals surface area contributed by atoms with Gasteiger partial charge in [0.15, 0.2) is 0 Å². The van der Waals surface area contributed by atoms with Crippen LogP contribution >= 0.6 is 11.6 Å². The zero-order valence-electron chi connectivity index (χ0n) is 11.1. The maximum atomic E-state index is 11.0. The van der Waals surface area contributed by atoms with E-state index in [-0.39, 0.29) is 23.3 Å². The Kier molecular flexibility index (Phi) is 4.83. The number of nitrogens with zero attached hydrogens (tertiary/aromatic N) is 4. The van der Waals surface area contributed by atoms with Gasteiger partial charge in [-0.05, 0) is 6.42 Å². The van der Waals surface area contributed by atoms with E-state index in [1.54, 1.807) is 0 Å². The summed E-state index contributed by atoms with van der Waals surface area (Å²) in [4.78, 5) is 22.1. The average Bonchev–Trinajstić information content (AvgIpc) is 2.45. The number of halogens is 1. The van der Waals surface area contributed by atoms with Gasteiger partial charge >= 0.3 is 11.6 Å². The predicted octanol–water partition coefficient (Wildman–Crippen LogP) is 3.05. The maximum absolute atomic E-state index is 11.0. The summed E-state index contributed by atoms with van der Waals surface area (Å²) in [6.07, 6.45) is 4.78. The summed E-state index contributed by atoms with van der Waals surface area (Å²) >= 11 is 5.79. The molecule has 0 saturated heterocycles. The van der Waals surface area contributed by atoms with E-state index in [0.717, 1.165) is 12.6 Å². The summed E-state index contributed by atoms with van der Waals surface area (Å²) in [7, 11) is 0. The molecule has 0 unspecified atom stereocenters. The molecule has 8 nitrogen and oxygen atoms in total. The van der Waals surface area contributed by atoms with Crippen LogP contribution in [0.1, 0.15) is 13.3 Å². The lowest BCUT2D eigenvalue weighted by atomic mass is 10.4. The van der Waals surface area contributed by atoms with Gasteiger partial charge in [-0.2, -0.15) is 4.98 Å². The second-order valence-corrected chi connectivity index (χ2v) is 4.45. The molecular formula is C12H12ClN5O3. The van der Waals surface area contributed by atoms with E-state index in [0.29, 0.717) is 11.6 Å². The maximum Gasteiger partial charge on any atom is 0.349 e. The lowest BCUT2D eigenvalue weighted by molar-refractivity contribution is -0.386. The monoisotopic (exact) mass is 309 g/mol. The number of rotatable bonds is 6. The molecule has 21 heavy (non-hydrogen) atoms. The van der Waals surface area contributed by atoms with Gasteiger partial charge in [-0.3, -0.25) is 15.1 Å². The van der Waals surface area contributed by atoms with Gasteiger partial charge in [-0.25, -0.2) is 4.98 Å². The van der Waals surface area contributed by atoms with Crippen molar-refractivity contribution in [2.24, 2.45) is 0 Å². The van der Waals surface area contributed by atoms with Gasteiger partial charge in [0.2, 0.25) is 5.95 Å². The van der Waals surface area contributed by atoms with Crippen LogP contribution < -0.4 is 10.1 Å². The Balaban J connectivity index is 2.31. The highest BCUT2D eigenvalue weighted by molar-refractivity contribution is 6.30. The van der Waals surface area contributed by atoms with Crippen LogP contribution in [0.25, 0.3) is 0 Å². The Labute approximate surface area is 125 Å². The molecule has 110 valence electrons. The summed E-state index contributed by atoms with van der Waals surface area (Å²) in [5.41, 5.74) is -0.336. The molecule has 1 N–H and O–H groups in total. The molecule has 0 aliphatic carbocycles. The van der Waals surface area contributed by atoms with Gasteiger partial charge in [0, 0.05) is 18.8 Å². The van der Waals surface area contributed by atoms with E-state index >= 15 is 0 Å². The molecule has 0 bridgehead atoms. The largest absolute Gasteiger partial charge is 0.432 e. The number of hydrogen-bond donors (Lipinski definition) is 1. The Hall–Kier alpha value is -2.48. The van der Waals surface area contributed by atoms with Gasteiger partial charge in [0.25, 0.3) is 0 Å². The first-order chi connectivity index (χ1) is 10.1. The molecular weight excluding hydrogens is 298 g/mol. The lowest BCUT2D eigenvalue weighted by Gasteiger charge is -2.07. The minimum atomic E-state index is -0.614. The molecule has 0 aliphatic rings. The second-order valence-electron chi connectivity index (χ2n) is 4.01. The number of anilines is 1. The normalized spacial score (nSPS) is 10.2. The van der Waals surface area contributed by atoms with Crippen LogP contribution in [0.2, 0.25) is 5.02 Å². The van der Waals surface area contributed by atoms with Crippen molar-refractivity contribution in [3.8, 4) is 11.6 Å². The molecule has 0 radical (unpaired) electrons. The summed E-state index contributed by atoms with van der Waals surface area (Å²) in [6, 6.07) is 1.49. The van der Waals surface area contributed by atoms with E-state index in [1.807, 2.05) is 6.92 Å². The first kappa shape index (κ1) is 14.9. The number of hydrogen-bond acceptors (Lipinski definition) is 7. The standard InChI is InChI=1S/C12H12ClN5O3/c1-2-3-15-12-16-7-10(18(19)20)11(17-12)21-9-4-8(13)5-14-6-9/h4-7H,2-3H2,1H3,(H,15,16,17). The summed E-state index contributed by atoms with van der Waals surface area (Å²) in [5.74, 6) is 0.343. The molecule has 0 atom stereocenters. The van der Waals surface area contributed by atoms with Crippen molar-refractivity contribution in [1.82, 2.24) is 15.0 Å².